The number of benzene rings is 1. The molecule has 92 valence electrons. The maximum absolute atomic E-state index is 11.6. The third-order valence-corrected chi connectivity index (χ3v) is 2.62. The van der Waals surface area contributed by atoms with Crippen LogP contribution in [0.5, 0.6) is 0 Å². The van der Waals surface area contributed by atoms with Crippen molar-refractivity contribution in [3.8, 4) is 0 Å². The second-order valence-corrected chi connectivity index (χ2v) is 4.09. The van der Waals surface area contributed by atoms with Gasteiger partial charge in [0.15, 0.2) is 11.0 Å². The van der Waals surface area contributed by atoms with Crippen molar-refractivity contribution in [1.29, 1.82) is 0 Å². The Morgan fingerprint density at radius 1 is 1.33 bits per heavy atom. The third-order valence-electron chi connectivity index (χ3n) is 2.36. The SMILES string of the molecule is C=CCCC(=O)Nc1nc2ccccc2nc1Cl. The van der Waals surface area contributed by atoms with E-state index in [1.54, 1.807) is 6.08 Å². The van der Waals surface area contributed by atoms with Crippen molar-refractivity contribution in [3.63, 3.8) is 0 Å². The van der Waals surface area contributed by atoms with E-state index >= 15 is 0 Å². The summed E-state index contributed by atoms with van der Waals surface area (Å²) in [4.78, 5) is 20.0. The molecule has 0 aliphatic rings. The Kier molecular flexibility index (Phi) is 3.89. The molecule has 0 saturated heterocycles. The molecule has 0 atom stereocenters. The highest BCUT2D eigenvalue weighted by Crippen LogP contribution is 2.21. The Bertz CT molecular complexity index is 598. The Balaban J connectivity index is 2.25. The van der Waals surface area contributed by atoms with Crippen LogP contribution in [0.3, 0.4) is 0 Å². The molecule has 0 spiro atoms. The highest BCUT2D eigenvalue weighted by Gasteiger charge is 2.09. The van der Waals surface area contributed by atoms with Gasteiger partial charge in [0.1, 0.15) is 0 Å². The number of anilines is 1. The summed E-state index contributed by atoms with van der Waals surface area (Å²) in [6.45, 7) is 3.56. The van der Waals surface area contributed by atoms with E-state index in [1.165, 1.54) is 0 Å². The second kappa shape index (κ2) is 5.60. The van der Waals surface area contributed by atoms with Crippen molar-refractivity contribution in [2.75, 3.05) is 5.32 Å². The lowest BCUT2D eigenvalue weighted by atomic mass is 10.3. The molecule has 1 aromatic heterocycles. The Labute approximate surface area is 110 Å². The highest BCUT2D eigenvalue weighted by molar-refractivity contribution is 6.32. The van der Waals surface area contributed by atoms with Gasteiger partial charge in [-0.15, -0.1) is 6.58 Å². The van der Waals surface area contributed by atoms with Gasteiger partial charge in [0.2, 0.25) is 5.91 Å². The predicted molar refractivity (Wildman–Crippen MR) is 72.6 cm³/mol. The number of allylic oxidation sites excluding steroid dienone is 1. The average Bonchev–Trinajstić information content (AvgIpc) is 2.37. The molecule has 5 heteroatoms. The van der Waals surface area contributed by atoms with Gasteiger partial charge in [-0.3, -0.25) is 4.79 Å². The molecule has 0 aliphatic heterocycles. The summed E-state index contributed by atoms with van der Waals surface area (Å²) < 4.78 is 0. The van der Waals surface area contributed by atoms with Crippen molar-refractivity contribution in [2.24, 2.45) is 0 Å². The molecule has 2 aromatic rings. The Morgan fingerprint density at radius 3 is 2.67 bits per heavy atom. The molecule has 4 nitrogen and oxygen atoms in total. The summed E-state index contributed by atoms with van der Waals surface area (Å²) in [7, 11) is 0. The summed E-state index contributed by atoms with van der Waals surface area (Å²) in [5.41, 5.74) is 1.40. The van der Waals surface area contributed by atoms with Gasteiger partial charge < -0.3 is 5.32 Å². The number of carbonyl (C=O) groups is 1. The molecule has 0 saturated carbocycles. The van der Waals surface area contributed by atoms with Crippen molar-refractivity contribution >= 4 is 34.4 Å². The average molecular weight is 262 g/mol. The van der Waals surface area contributed by atoms with Crippen LogP contribution in [-0.4, -0.2) is 15.9 Å². The minimum Gasteiger partial charge on any atom is -0.308 e. The van der Waals surface area contributed by atoms with Crippen LogP contribution in [0.25, 0.3) is 11.0 Å². The van der Waals surface area contributed by atoms with Crippen LogP contribution < -0.4 is 5.32 Å². The zero-order valence-corrected chi connectivity index (χ0v) is 10.4. The van der Waals surface area contributed by atoms with Gasteiger partial charge in [0, 0.05) is 6.42 Å². The number of rotatable bonds is 4. The largest absolute Gasteiger partial charge is 0.308 e. The van der Waals surface area contributed by atoms with Crippen molar-refractivity contribution in [2.45, 2.75) is 12.8 Å². The van der Waals surface area contributed by atoms with Gasteiger partial charge in [-0.2, -0.15) is 0 Å². The molecular weight excluding hydrogens is 250 g/mol. The molecule has 1 N–H and O–H groups in total. The quantitative estimate of drug-likeness (QED) is 0.860. The fourth-order valence-electron chi connectivity index (χ4n) is 1.49. The summed E-state index contributed by atoms with van der Waals surface area (Å²) in [5, 5.41) is 2.84. The van der Waals surface area contributed by atoms with Crippen LogP contribution in [0.1, 0.15) is 12.8 Å². The highest BCUT2D eigenvalue weighted by atomic mass is 35.5. The molecule has 1 aromatic carbocycles. The number of amides is 1. The topological polar surface area (TPSA) is 54.9 Å². The van der Waals surface area contributed by atoms with E-state index in [2.05, 4.69) is 21.9 Å². The molecule has 2 rings (SSSR count). The van der Waals surface area contributed by atoms with E-state index in [0.717, 1.165) is 0 Å². The minimum absolute atomic E-state index is 0.151. The molecule has 1 amide bonds. The molecular formula is C13H12ClN3O. The van der Waals surface area contributed by atoms with Crippen molar-refractivity contribution < 1.29 is 4.79 Å². The smallest absolute Gasteiger partial charge is 0.225 e. The number of halogens is 1. The van der Waals surface area contributed by atoms with E-state index in [9.17, 15) is 4.79 Å². The monoisotopic (exact) mass is 261 g/mol. The van der Waals surface area contributed by atoms with E-state index in [0.29, 0.717) is 29.7 Å². The number of aromatic nitrogens is 2. The summed E-state index contributed by atoms with van der Waals surface area (Å²) in [6.07, 6.45) is 2.66. The van der Waals surface area contributed by atoms with Gasteiger partial charge in [-0.25, -0.2) is 9.97 Å². The number of carbonyl (C=O) groups excluding carboxylic acids is 1. The number of para-hydroxylation sites is 2. The Hall–Kier alpha value is -1.94. The minimum atomic E-state index is -0.151. The van der Waals surface area contributed by atoms with Crippen LogP contribution in [0, 0.1) is 0 Å². The van der Waals surface area contributed by atoms with Crippen LogP contribution in [0.15, 0.2) is 36.9 Å². The number of nitrogens with one attached hydrogen (secondary N) is 1. The molecule has 0 unspecified atom stereocenters. The van der Waals surface area contributed by atoms with Gasteiger partial charge in [-0.05, 0) is 18.6 Å². The first-order valence-electron chi connectivity index (χ1n) is 5.53. The lowest BCUT2D eigenvalue weighted by Gasteiger charge is -2.06. The maximum Gasteiger partial charge on any atom is 0.225 e. The zero-order chi connectivity index (χ0) is 13.0. The number of fused-ring (bicyclic) bond motifs is 1. The summed E-state index contributed by atoms with van der Waals surface area (Å²) in [6, 6.07) is 7.35. The lowest BCUT2D eigenvalue weighted by Crippen LogP contribution is -2.12. The summed E-state index contributed by atoms with van der Waals surface area (Å²) >= 11 is 5.97. The third kappa shape index (κ3) is 2.84. The second-order valence-electron chi connectivity index (χ2n) is 3.73. The van der Waals surface area contributed by atoms with Gasteiger partial charge in [0.25, 0.3) is 0 Å². The lowest BCUT2D eigenvalue weighted by molar-refractivity contribution is -0.116. The maximum atomic E-state index is 11.6. The zero-order valence-electron chi connectivity index (χ0n) is 9.69. The molecule has 0 aliphatic carbocycles. The fraction of sp³-hybridized carbons (Fsp3) is 0.154. The molecule has 0 bridgehead atoms. The van der Waals surface area contributed by atoms with Crippen LogP contribution in [-0.2, 0) is 4.79 Å². The summed E-state index contributed by atoms with van der Waals surface area (Å²) in [5.74, 6) is 0.144. The van der Waals surface area contributed by atoms with Gasteiger partial charge in [-0.1, -0.05) is 29.8 Å². The standard InChI is InChI=1S/C13H12ClN3O/c1-2-3-8-11(18)17-13-12(14)15-9-6-4-5-7-10(9)16-13/h2,4-7H,1,3,8H2,(H,16,17,18). The van der Waals surface area contributed by atoms with Crippen molar-refractivity contribution in [1.82, 2.24) is 9.97 Å². The molecule has 0 fully saturated rings. The van der Waals surface area contributed by atoms with E-state index in [1.807, 2.05) is 24.3 Å². The first kappa shape index (κ1) is 12.5. The molecule has 0 radical (unpaired) electrons. The fourth-order valence-corrected chi connectivity index (χ4v) is 1.67. The van der Waals surface area contributed by atoms with E-state index in [4.69, 9.17) is 11.6 Å². The normalized spacial score (nSPS) is 10.3. The Morgan fingerprint density at radius 2 is 2.00 bits per heavy atom. The van der Waals surface area contributed by atoms with Crippen LogP contribution in [0.2, 0.25) is 5.15 Å². The van der Waals surface area contributed by atoms with Gasteiger partial charge in [0.05, 0.1) is 11.0 Å². The van der Waals surface area contributed by atoms with Crippen LogP contribution in [0.4, 0.5) is 5.82 Å². The predicted octanol–water partition coefficient (Wildman–Crippen LogP) is 3.19. The first-order valence-corrected chi connectivity index (χ1v) is 5.91. The number of hydrogen-bond donors (Lipinski definition) is 1. The van der Waals surface area contributed by atoms with Crippen molar-refractivity contribution in [3.05, 3.63) is 42.1 Å². The van der Waals surface area contributed by atoms with E-state index < -0.39 is 0 Å². The van der Waals surface area contributed by atoms with Gasteiger partial charge >= 0.3 is 0 Å². The first-order chi connectivity index (χ1) is 8.70. The number of nitrogens with zero attached hydrogens (tertiary/aromatic N) is 2. The molecule has 1 heterocycles. The number of hydrogen-bond acceptors (Lipinski definition) is 3. The molecule has 18 heavy (non-hydrogen) atoms. The van der Waals surface area contributed by atoms with E-state index in [-0.39, 0.29) is 11.1 Å². The van der Waals surface area contributed by atoms with Crippen LogP contribution >= 0.6 is 11.6 Å².